The minimum absolute atomic E-state index is 0.318. The second-order valence-electron chi connectivity index (χ2n) is 2.46. The number of rotatable bonds is 5. The minimum Gasteiger partial charge on any atom is -0.480 e. The van der Waals surface area contributed by atoms with Gasteiger partial charge in [-0.25, -0.2) is 4.79 Å². The number of amides is 1. The van der Waals surface area contributed by atoms with E-state index >= 15 is 0 Å². The molecule has 70 valence electrons. The van der Waals surface area contributed by atoms with Gasteiger partial charge in [0.25, 0.3) is 0 Å². The van der Waals surface area contributed by atoms with Crippen molar-refractivity contribution < 1.29 is 14.7 Å². The van der Waals surface area contributed by atoms with Crippen LogP contribution in [0.3, 0.4) is 0 Å². The van der Waals surface area contributed by atoms with Gasteiger partial charge in [0, 0.05) is 6.92 Å². The van der Waals surface area contributed by atoms with Gasteiger partial charge in [0.2, 0.25) is 5.91 Å². The van der Waals surface area contributed by atoms with Gasteiger partial charge < -0.3 is 10.4 Å². The average molecular weight is 191 g/mol. The molecule has 0 fully saturated rings. The predicted molar refractivity (Wildman–Crippen MR) is 48.3 cm³/mol. The Morgan fingerprint density at radius 2 is 2.17 bits per heavy atom. The first kappa shape index (κ1) is 11.3. The maximum absolute atomic E-state index is 10.5. The van der Waals surface area contributed by atoms with Crippen LogP contribution in [0, 0.1) is 0 Å². The number of carbonyl (C=O) groups is 2. The fourth-order valence-corrected chi connectivity index (χ4v) is 0.981. The van der Waals surface area contributed by atoms with E-state index in [4.69, 9.17) is 5.11 Å². The monoisotopic (exact) mass is 191 g/mol. The molecular weight excluding hydrogens is 178 g/mol. The lowest BCUT2D eigenvalue weighted by atomic mass is 10.2. The van der Waals surface area contributed by atoms with Gasteiger partial charge >= 0.3 is 5.97 Å². The van der Waals surface area contributed by atoms with Crippen molar-refractivity contribution in [2.24, 2.45) is 0 Å². The molecular formula is C7H13NO3S. The summed E-state index contributed by atoms with van der Waals surface area (Å²) in [6.07, 6.45) is 1.11. The summed E-state index contributed by atoms with van der Waals surface area (Å²) in [5, 5.41) is 11.0. The third-order valence-corrected chi connectivity index (χ3v) is 1.64. The van der Waals surface area contributed by atoms with Gasteiger partial charge in [0.05, 0.1) is 0 Å². The summed E-state index contributed by atoms with van der Waals surface area (Å²) in [5.41, 5.74) is 0. The van der Waals surface area contributed by atoms with Crippen LogP contribution in [-0.4, -0.2) is 28.8 Å². The van der Waals surface area contributed by atoms with E-state index in [9.17, 15) is 9.59 Å². The molecule has 0 aliphatic carbocycles. The molecule has 2 N–H and O–H groups in total. The average Bonchev–Trinajstić information content (AvgIpc) is 1.96. The summed E-state index contributed by atoms with van der Waals surface area (Å²) in [6, 6.07) is -0.769. The Bertz CT molecular complexity index is 172. The van der Waals surface area contributed by atoms with E-state index < -0.39 is 12.0 Å². The van der Waals surface area contributed by atoms with Crippen LogP contribution in [0.5, 0.6) is 0 Å². The summed E-state index contributed by atoms with van der Waals surface area (Å²) in [6.45, 7) is 1.30. The summed E-state index contributed by atoms with van der Waals surface area (Å²) >= 11 is 3.95. The molecule has 0 aliphatic rings. The Balaban J connectivity index is 3.87. The van der Waals surface area contributed by atoms with Crippen molar-refractivity contribution in [1.82, 2.24) is 5.32 Å². The molecule has 12 heavy (non-hydrogen) atoms. The molecule has 0 heterocycles. The van der Waals surface area contributed by atoms with Crippen molar-refractivity contribution in [3.63, 3.8) is 0 Å². The minimum atomic E-state index is -0.994. The summed E-state index contributed by atoms with van der Waals surface area (Å²) in [4.78, 5) is 21.0. The molecule has 0 saturated heterocycles. The molecule has 1 amide bonds. The highest BCUT2D eigenvalue weighted by molar-refractivity contribution is 7.80. The second-order valence-corrected chi connectivity index (χ2v) is 2.90. The van der Waals surface area contributed by atoms with Crippen LogP contribution in [0.15, 0.2) is 0 Å². The van der Waals surface area contributed by atoms with Crippen LogP contribution in [0.25, 0.3) is 0 Å². The molecule has 0 aromatic rings. The van der Waals surface area contributed by atoms with E-state index in [-0.39, 0.29) is 5.91 Å². The number of carboxylic acids is 1. The quantitative estimate of drug-likeness (QED) is 0.547. The topological polar surface area (TPSA) is 66.4 Å². The molecule has 0 rings (SSSR count). The highest BCUT2D eigenvalue weighted by Crippen LogP contribution is 1.98. The van der Waals surface area contributed by atoms with Crippen LogP contribution in [-0.2, 0) is 9.59 Å². The SMILES string of the molecule is CC(=O)NC(CCCS)C(=O)O. The molecule has 0 saturated carbocycles. The first-order valence-corrected chi connectivity index (χ1v) is 4.32. The van der Waals surface area contributed by atoms with Crippen LogP contribution >= 0.6 is 12.6 Å². The van der Waals surface area contributed by atoms with Gasteiger partial charge in [-0.05, 0) is 18.6 Å². The Morgan fingerprint density at radius 3 is 2.50 bits per heavy atom. The summed E-state index contributed by atoms with van der Waals surface area (Å²) in [5.74, 6) is -0.683. The van der Waals surface area contributed by atoms with Gasteiger partial charge in [-0.3, -0.25) is 4.79 Å². The molecule has 1 atom stereocenters. The molecule has 4 nitrogen and oxygen atoms in total. The van der Waals surface area contributed by atoms with Crippen LogP contribution in [0.1, 0.15) is 19.8 Å². The second kappa shape index (κ2) is 5.88. The van der Waals surface area contributed by atoms with Crippen molar-refractivity contribution in [2.75, 3.05) is 5.75 Å². The Kier molecular flexibility index (Phi) is 5.53. The van der Waals surface area contributed by atoms with E-state index in [0.29, 0.717) is 18.6 Å². The molecule has 1 unspecified atom stereocenters. The molecule has 0 radical (unpaired) electrons. The van der Waals surface area contributed by atoms with E-state index in [1.807, 2.05) is 0 Å². The maximum atomic E-state index is 10.5. The molecule has 5 heteroatoms. The number of aliphatic carboxylic acids is 1. The van der Waals surface area contributed by atoms with E-state index in [2.05, 4.69) is 17.9 Å². The molecule has 0 aliphatic heterocycles. The van der Waals surface area contributed by atoms with Gasteiger partial charge in [0.15, 0.2) is 0 Å². The maximum Gasteiger partial charge on any atom is 0.326 e. The summed E-state index contributed by atoms with van der Waals surface area (Å²) < 4.78 is 0. The third-order valence-electron chi connectivity index (χ3n) is 1.33. The van der Waals surface area contributed by atoms with Crippen LogP contribution in [0.2, 0.25) is 0 Å². The normalized spacial score (nSPS) is 12.2. The number of hydrogen-bond donors (Lipinski definition) is 3. The number of hydrogen-bond acceptors (Lipinski definition) is 3. The Hall–Kier alpha value is -0.710. The predicted octanol–water partition coefficient (Wildman–Crippen LogP) is 0.286. The van der Waals surface area contributed by atoms with E-state index in [1.54, 1.807) is 0 Å². The fourth-order valence-electron chi connectivity index (χ4n) is 0.798. The third kappa shape index (κ3) is 5.01. The van der Waals surface area contributed by atoms with Crippen LogP contribution in [0.4, 0.5) is 0 Å². The highest BCUT2D eigenvalue weighted by Gasteiger charge is 2.16. The number of thiol groups is 1. The first-order chi connectivity index (χ1) is 5.57. The summed E-state index contributed by atoms with van der Waals surface area (Å²) in [7, 11) is 0. The van der Waals surface area contributed by atoms with Gasteiger partial charge in [0.1, 0.15) is 6.04 Å². The lowest BCUT2D eigenvalue weighted by Gasteiger charge is -2.11. The van der Waals surface area contributed by atoms with E-state index in [1.165, 1.54) is 6.92 Å². The van der Waals surface area contributed by atoms with Crippen molar-refractivity contribution >= 4 is 24.5 Å². The lowest BCUT2D eigenvalue weighted by molar-refractivity contribution is -0.141. The smallest absolute Gasteiger partial charge is 0.326 e. The molecule has 0 aromatic carbocycles. The fraction of sp³-hybridized carbons (Fsp3) is 0.714. The highest BCUT2D eigenvalue weighted by atomic mass is 32.1. The standard InChI is InChI=1S/C7H13NO3S/c1-5(9)8-6(7(10)11)3-2-4-12/h6,12H,2-4H2,1H3,(H,8,9)(H,10,11). The van der Waals surface area contributed by atoms with Crippen molar-refractivity contribution in [2.45, 2.75) is 25.8 Å². The number of carbonyl (C=O) groups excluding carboxylic acids is 1. The first-order valence-electron chi connectivity index (χ1n) is 3.68. The zero-order chi connectivity index (χ0) is 9.56. The van der Waals surface area contributed by atoms with Crippen molar-refractivity contribution in [3.05, 3.63) is 0 Å². The van der Waals surface area contributed by atoms with E-state index in [0.717, 1.165) is 0 Å². The van der Waals surface area contributed by atoms with Crippen molar-refractivity contribution in [3.8, 4) is 0 Å². The number of carboxylic acid groups (broad SMARTS) is 1. The van der Waals surface area contributed by atoms with Crippen molar-refractivity contribution in [1.29, 1.82) is 0 Å². The van der Waals surface area contributed by atoms with Gasteiger partial charge in [-0.2, -0.15) is 12.6 Å². The van der Waals surface area contributed by atoms with Gasteiger partial charge in [-0.1, -0.05) is 0 Å². The molecule has 0 spiro atoms. The lowest BCUT2D eigenvalue weighted by Crippen LogP contribution is -2.39. The zero-order valence-electron chi connectivity index (χ0n) is 6.91. The largest absolute Gasteiger partial charge is 0.480 e. The zero-order valence-corrected chi connectivity index (χ0v) is 7.80. The molecule has 0 bridgehead atoms. The Morgan fingerprint density at radius 1 is 1.58 bits per heavy atom. The molecule has 0 aromatic heterocycles. The van der Waals surface area contributed by atoms with Crippen LogP contribution < -0.4 is 5.32 Å². The van der Waals surface area contributed by atoms with Gasteiger partial charge in [-0.15, -0.1) is 0 Å². The Labute approximate surface area is 76.8 Å². The number of nitrogens with one attached hydrogen (secondary N) is 1.